The van der Waals surface area contributed by atoms with E-state index in [9.17, 15) is 0 Å². The number of hydrogen-bond acceptors (Lipinski definition) is 2. The Kier molecular flexibility index (Phi) is 3.36. The van der Waals surface area contributed by atoms with Gasteiger partial charge in [-0.2, -0.15) is 5.10 Å². The topological polar surface area (TPSA) is 43.8 Å². The van der Waals surface area contributed by atoms with Crippen molar-refractivity contribution in [1.82, 2.24) is 9.78 Å². The van der Waals surface area contributed by atoms with E-state index in [2.05, 4.69) is 11.2 Å². The smallest absolute Gasteiger partial charge is 0.134 e. The van der Waals surface area contributed by atoms with Crippen LogP contribution in [0.5, 0.6) is 0 Å². The molecule has 4 heteroatoms. The van der Waals surface area contributed by atoms with E-state index in [0.717, 1.165) is 42.1 Å². The predicted molar refractivity (Wildman–Crippen MR) is 67.4 cm³/mol. The second-order valence-electron chi connectivity index (χ2n) is 4.55. The van der Waals surface area contributed by atoms with Gasteiger partial charge in [0.25, 0.3) is 0 Å². The molecule has 88 valence electrons. The van der Waals surface area contributed by atoms with Gasteiger partial charge < -0.3 is 5.73 Å². The van der Waals surface area contributed by atoms with E-state index in [1.54, 1.807) is 4.68 Å². The molecule has 0 amide bonds. The molecule has 1 aromatic rings. The monoisotopic (exact) mass is 239 g/mol. The van der Waals surface area contributed by atoms with Crippen LogP contribution >= 0.6 is 11.6 Å². The molecule has 2 N–H and O–H groups in total. The van der Waals surface area contributed by atoms with Crippen molar-refractivity contribution in [1.29, 1.82) is 0 Å². The van der Waals surface area contributed by atoms with Crippen LogP contribution < -0.4 is 5.73 Å². The first kappa shape index (κ1) is 11.7. The maximum absolute atomic E-state index is 6.19. The molecule has 0 aliphatic heterocycles. The summed E-state index contributed by atoms with van der Waals surface area (Å²) in [5.41, 5.74) is 9.39. The van der Waals surface area contributed by atoms with Crippen LogP contribution in [0.2, 0.25) is 5.15 Å². The molecule has 1 aromatic heterocycles. The number of hydrogen-bond donors (Lipinski definition) is 1. The van der Waals surface area contributed by atoms with Gasteiger partial charge in [-0.3, -0.25) is 4.68 Å². The van der Waals surface area contributed by atoms with Crippen molar-refractivity contribution in [3.05, 3.63) is 22.0 Å². The summed E-state index contributed by atoms with van der Waals surface area (Å²) in [6, 6.07) is 0.377. The molecule has 0 bridgehead atoms. The predicted octanol–water partition coefficient (Wildman–Crippen LogP) is 2.67. The summed E-state index contributed by atoms with van der Waals surface area (Å²) >= 11 is 6.19. The summed E-state index contributed by atoms with van der Waals surface area (Å²) in [5.74, 6) is 0. The van der Waals surface area contributed by atoms with E-state index >= 15 is 0 Å². The van der Waals surface area contributed by atoms with E-state index in [-0.39, 0.29) is 0 Å². The average molecular weight is 240 g/mol. The highest BCUT2D eigenvalue weighted by Gasteiger charge is 2.15. The standard InChI is InChI=1S/C12H18ClN3/c1-8-11(12(13)16(2)15-8)7-9-3-5-10(14)6-4-9/h7,10H,3-6,14H2,1-2H3. The molecule has 3 nitrogen and oxygen atoms in total. The van der Waals surface area contributed by atoms with Crippen LogP contribution in [0.1, 0.15) is 36.9 Å². The van der Waals surface area contributed by atoms with Gasteiger partial charge in [-0.1, -0.05) is 23.3 Å². The molecule has 0 unspecified atom stereocenters. The van der Waals surface area contributed by atoms with Gasteiger partial charge >= 0.3 is 0 Å². The molecule has 1 saturated carbocycles. The minimum absolute atomic E-state index is 0.377. The highest BCUT2D eigenvalue weighted by atomic mass is 35.5. The lowest BCUT2D eigenvalue weighted by Crippen LogP contribution is -2.23. The van der Waals surface area contributed by atoms with E-state index in [4.69, 9.17) is 17.3 Å². The fraction of sp³-hybridized carbons (Fsp3) is 0.583. The second-order valence-corrected chi connectivity index (χ2v) is 4.91. The largest absolute Gasteiger partial charge is 0.328 e. The van der Waals surface area contributed by atoms with Gasteiger partial charge in [-0.15, -0.1) is 0 Å². The normalized spacial score (nSPS) is 21.2. The zero-order valence-corrected chi connectivity index (χ0v) is 10.6. The molecule has 16 heavy (non-hydrogen) atoms. The van der Waals surface area contributed by atoms with Crippen molar-refractivity contribution >= 4 is 17.7 Å². The third-order valence-electron chi connectivity index (χ3n) is 3.22. The molecule has 0 radical (unpaired) electrons. The highest BCUT2D eigenvalue weighted by molar-refractivity contribution is 6.31. The molecular weight excluding hydrogens is 222 g/mol. The maximum Gasteiger partial charge on any atom is 0.134 e. The van der Waals surface area contributed by atoms with Gasteiger partial charge in [-0.25, -0.2) is 0 Å². The van der Waals surface area contributed by atoms with Gasteiger partial charge in [0, 0.05) is 18.7 Å². The second kappa shape index (κ2) is 4.60. The van der Waals surface area contributed by atoms with Crippen molar-refractivity contribution < 1.29 is 0 Å². The summed E-state index contributed by atoms with van der Waals surface area (Å²) in [4.78, 5) is 0. The molecule has 1 aliphatic carbocycles. The van der Waals surface area contributed by atoms with E-state index in [0.29, 0.717) is 6.04 Å². The summed E-state index contributed by atoms with van der Waals surface area (Å²) in [5, 5.41) is 5.03. The van der Waals surface area contributed by atoms with Gasteiger partial charge in [0.05, 0.1) is 5.69 Å². The van der Waals surface area contributed by atoms with Crippen molar-refractivity contribution in [3.8, 4) is 0 Å². The molecule has 1 heterocycles. The summed E-state index contributed by atoms with van der Waals surface area (Å²) in [7, 11) is 1.87. The number of aromatic nitrogens is 2. The quantitative estimate of drug-likeness (QED) is 0.819. The van der Waals surface area contributed by atoms with Crippen LogP contribution in [0.3, 0.4) is 0 Å². The molecule has 0 saturated heterocycles. The lowest BCUT2D eigenvalue weighted by molar-refractivity contribution is 0.514. The number of nitrogens with two attached hydrogens (primary N) is 1. The molecule has 2 rings (SSSR count). The highest BCUT2D eigenvalue weighted by Crippen LogP contribution is 2.28. The van der Waals surface area contributed by atoms with Gasteiger partial charge in [0.2, 0.25) is 0 Å². The molecule has 0 aromatic carbocycles. The van der Waals surface area contributed by atoms with Gasteiger partial charge in [0.15, 0.2) is 0 Å². The van der Waals surface area contributed by atoms with Crippen LogP contribution in [0.15, 0.2) is 5.57 Å². The fourth-order valence-corrected chi connectivity index (χ4v) is 2.40. The third kappa shape index (κ3) is 2.30. The Balaban J connectivity index is 2.22. The molecule has 0 spiro atoms. The first-order chi connectivity index (χ1) is 7.58. The van der Waals surface area contributed by atoms with Crippen molar-refractivity contribution in [2.75, 3.05) is 0 Å². The van der Waals surface area contributed by atoms with Crippen LogP contribution in [0, 0.1) is 6.92 Å². The first-order valence-corrected chi connectivity index (χ1v) is 6.10. The van der Waals surface area contributed by atoms with Crippen LogP contribution in [-0.2, 0) is 7.05 Å². The summed E-state index contributed by atoms with van der Waals surface area (Å²) in [6.45, 7) is 1.99. The maximum atomic E-state index is 6.19. The molecule has 1 aliphatic rings. The first-order valence-electron chi connectivity index (χ1n) is 5.72. The molecule has 0 atom stereocenters. The van der Waals surface area contributed by atoms with Crippen molar-refractivity contribution in [2.45, 2.75) is 38.6 Å². The van der Waals surface area contributed by atoms with Crippen molar-refractivity contribution in [2.24, 2.45) is 12.8 Å². The Morgan fingerprint density at radius 1 is 1.44 bits per heavy atom. The number of nitrogens with zero attached hydrogens (tertiary/aromatic N) is 2. The Morgan fingerprint density at radius 3 is 2.56 bits per heavy atom. The van der Waals surface area contributed by atoms with Gasteiger partial charge in [0.1, 0.15) is 5.15 Å². The molecule has 1 fully saturated rings. The third-order valence-corrected chi connectivity index (χ3v) is 3.67. The number of allylic oxidation sites excluding steroid dienone is 1. The van der Waals surface area contributed by atoms with Crippen LogP contribution in [0.25, 0.3) is 6.08 Å². The molecular formula is C12H18ClN3. The minimum atomic E-state index is 0.377. The average Bonchev–Trinajstić information content (AvgIpc) is 2.48. The van der Waals surface area contributed by atoms with Crippen LogP contribution in [-0.4, -0.2) is 15.8 Å². The minimum Gasteiger partial charge on any atom is -0.328 e. The van der Waals surface area contributed by atoms with Crippen LogP contribution in [0.4, 0.5) is 0 Å². The van der Waals surface area contributed by atoms with E-state index < -0.39 is 0 Å². The number of halogens is 1. The Morgan fingerprint density at radius 2 is 2.06 bits per heavy atom. The van der Waals surface area contributed by atoms with E-state index in [1.165, 1.54) is 5.57 Å². The zero-order valence-electron chi connectivity index (χ0n) is 9.83. The van der Waals surface area contributed by atoms with Gasteiger partial charge in [-0.05, 0) is 32.6 Å². The van der Waals surface area contributed by atoms with Crippen molar-refractivity contribution in [3.63, 3.8) is 0 Å². The lowest BCUT2D eigenvalue weighted by atomic mass is 9.90. The number of rotatable bonds is 1. The van der Waals surface area contributed by atoms with E-state index in [1.807, 2.05) is 14.0 Å². The fourth-order valence-electron chi connectivity index (χ4n) is 2.17. The number of aryl methyl sites for hydroxylation is 2. The summed E-state index contributed by atoms with van der Waals surface area (Å²) in [6.07, 6.45) is 6.54. The zero-order chi connectivity index (χ0) is 11.7. The Labute approximate surface area is 101 Å². The lowest BCUT2D eigenvalue weighted by Gasteiger charge is -2.20. The summed E-state index contributed by atoms with van der Waals surface area (Å²) < 4.78 is 1.72. The Bertz CT molecular complexity index is 410. The SMILES string of the molecule is Cc1nn(C)c(Cl)c1C=C1CCC(N)CC1. The Hall–Kier alpha value is -0.800.